The van der Waals surface area contributed by atoms with Crippen LogP contribution in [0.1, 0.15) is 47.1 Å². The third kappa shape index (κ3) is 5.35. The first kappa shape index (κ1) is 18.5. The maximum absolute atomic E-state index is 12.5. The molecular weight excluding hydrogens is 318 g/mol. The Morgan fingerprint density at radius 2 is 1.48 bits per heavy atom. The van der Waals surface area contributed by atoms with E-state index in [1.165, 1.54) is 12.1 Å². The number of rotatable bonds is 5. The van der Waals surface area contributed by atoms with Gasteiger partial charge in [-0.3, -0.25) is 4.79 Å². The molecule has 25 heavy (non-hydrogen) atoms. The van der Waals surface area contributed by atoms with Gasteiger partial charge in [-0.05, 0) is 62.7 Å². The quantitative estimate of drug-likeness (QED) is 0.897. The van der Waals surface area contributed by atoms with Crippen molar-refractivity contribution in [2.75, 3.05) is 7.05 Å². The van der Waals surface area contributed by atoms with Crippen LogP contribution in [0, 0.1) is 0 Å². The summed E-state index contributed by atoms with van der Waals surface area (Å²) in [5.41, 5.74) is 1.39. The molecule has 1 amide bonds. The lowest BCUT2D eigenvalue weighted by Crippen LogP contribution is -2.26. The Balaban J connectivity index is 2.02. The number of benzene rings is 2. The molecule has 2 aromatic rings. The van der Waals surface area contributed by atoms with Crippen molar-refractivity contribution in [2.24, 2.45) is 0 Å². The van der Waals surface area contributed by atoms with Crippen molar-refractivity contribution < 1.29 is 19.4 Å². The number of carboxylic acid groups (broad SMARTS) is 1. The zero-order valence-corrected chi connectivity index (χ0v) is 14.9. The highest BCUT2D eigenvalue weighted by Crippen LogP contribution is 2.19. The molecule has 0 saturated carbocycles. The first-order chi connectivity index (χ1) is 11.7. The molecule has 0 saturated heterocycles. The Hall–Kier alpha value is -2.82. The number of hydrogen-bond donors (Lipinski definition) is 1. The predicted octanol–water partition coefficient (Wildman–Crippen LogP) is 3.83. The van der Waals surface area contributed by atoms with E-state index in [1.54, 1.807) is 48.3 Å². The number of hydrogen-bond acceptors (Lipinski definition) is 3. The highest BCUT2D eigenvalue weighted by molar-refractivity contribution is 5.94. The summed E-state index contributed by atoms with van der Waals surface area (Å²) in [4.78, 5) is 25.0. The molecule has 5 heteroatoms. The van der Waals surface area contributed by atoms with Crippen LogP contribution in [-0.2, 0) is 6.54 Å². The van der Waals surface area contributed by atoms with E-state index in [1.807, 2.05) is 20.8 Å². The van der Waals surface area contributed by atoms with Gasteiger partial charge in [0.05, 0.1) is 5.56 Å². The Kier molecular flexibility index (Phi) is 5.47. The number of amides is 1. The minimum Gasteiger partial charge on any atom is -0.488 e. The zero-order valence-electron chi connectivity index (χ0n) is 14.9. The molecule has 0 fully saturated rings. The maximum Gasteiger partial charge on any atom is 0.335 e. The molecule has 0 aliphatic heterocycles. The van der Waals surface area contributed by atoms with Gasteiger partial charge in [-0.2, -0.15) is 0 Å². The van der Waals surface area contributed by atoms with Gasteiger partial charge in [0.1, 0.15) is 11.4 Å². The molecule has 0 radical (unpaired) electrons. The average molecular weight is 341 g/mol. The first-order valence-corrected chi connectivity index (χ1v) is 8.02. The van der Waals surface area contributed by atoms with Crippen molar-refractivity contribution >= 4 is 11.9 Å². The number of carboxylic acids is 1. The topological polar surface area (TPSA) is 66.8 Å². The summed E-state index contributed by atoms with van der Waals surface area (Å²) in [6.07, 6.45) is 0. The van der Waals surface area contributed by atoms with Gasteiger partial charge in [0, 0.05) is 19.2 Å². The van der Waals surface area contributed by atoms with Gasteiger partial charge in [0.25, 0.3) is 5.91 Å². The third-order valence-corrected chi connectivity index (χ3v) is 3.49. The minimum atomic E-state index is -0.964. The zero-order chi connectivity index (χ0) is 18.6. The van der Waals surface area contributed by atoms with E-state index >= 15 is 0 Å². The summed E-state index contributed by atoms with van der Waals surface area (Å²) in [5, 5.41) is 8.91. The second-order valence-corrected chi connectivity index (χ2v) is 6.90. The molecule has 0 aliphatic carbocycles. The molecule has 2 aromatic carbocycles. The summed E-state index contributed by atoms with van der Waals surface area (Å²) < 4.78 is 5.75. The van der Waals surface area contributed by atoms with Crippen LogP contribution in [0.15, 0.2) is 48.5 Å². The highest BCUT2D eigenvalue weighted by Gasteiger charge is 2.15. The van der Waals surface area contributed by atoms with Gasteiger partial charge in [-0.1, -0.05) is 12.1 Å². The molecule has 5 nitrogen and oxygen atoms in total. The number of nitrogens with zero attached hydrogens (tertiary/aromatic N) is 1. The lowest BCUT2D eigenvalue weighted by molar-refractivity contribution is 0.0695. The van der Waals surface area contributed by atoms with E-state index in [2.05, 4.69) is 0 Å². The van der Waals surface area contributed by atoms with Crippen LogP contribution in [-0.4, -0.2) is 34.5 Å². The van der Waals surface area contributed by atoms with E-state index < -0.39 is 5.97 Å². The first-order valence-electron chi connectivity index (χ1n) is 8.02. The standard InChI is InChI=1S/C20H23NO4/c1-20(2,3)25-17-11-9-15(10-12-17)18(22)21(4)13-14-5-7-16(8-6-14)19(23)24/h5-12H,13H2,1-4H3,(H,23,24). The Morgan fingerprint density at radius 1 is 0.960 bits per heavy atom. The van der Waals surface area contributed by atoms with Crippen LogP contribution in [0.3, 0.4) is 0 Å². The Morgan fingerprint density at radius 3 is 1.96 bits per heavy atom. The fraction of sp³-hybridized carbons (Fsp3) is 0.300. The van der Waals surface area contributed by atoms with E-state index in [4.69, 9.17) is 9.84 Å². The Bertz CT molecular complexity index is 743. The molecule has 0 bridgehead atoms. The largest absolute Gasteiger partial charge is 0.488 e. The summed E-state index contributed by atoms with van der Waals surface area (Å²) in [7, 11) is 1.72. The number of ether oxygens (including phenoxy) is 1. The summed E-state index contributed by atoms with van der Waals surface area (Å²) >= 11 is 0. The Labute approximate surface area is 147 Å². The van der Waals surface area contributed by atoms with Crippen molar-refractivity contribution in [1.82, 2.24) is 4.90 Å². The monoisotopic (exact) mass is 341 g/mol. The fourth-order valence-corrected chi connectivity index (χ4v) is 2.34. The molecule has 132 valence electrons. The second kappa shape index (κ2) is 7.38. The van der Waals surface area contributed by atoms with Gasteiger partial charge in [-0.25, -0.2) is 4.79 Å². The van der Waals surface area contributed by atoms with Crippen LogP contribution >= 0.6 is 0 Å². The normalized spacial score (nSPS) is 11.0. The van der Waals surface area contributed by atoms with Gasteiger partial charge in [0.2, 0.25) is 0 Å². The van der Waals surface area contributed by atoms with Gasteiger partial charge in [-0.15, -0.1) is 0 Å². The van der Waals surface area contributed by atoms with Gasteiger partial charge in [0.15, 0.2) is 0 Å². The van der Waals surface area contributed by atoms with Crippen LogP contribution in [0.4, 0.5) is 0 Å². The fourth-order valence-electron chi connectivity index (χ4n) is 2.34. The van der Waals surface area contributed by atoms with Gasteiger partial charge >= 0.3 is 5.97 Å². The van der Waals surface area contributed by atoms with Gasteiger partial charge < -0.3 is 14.7 Å². The van der Waals surface area contributed by atoms with E-state index in [0.717, 1.165) is 11.3 Å². The molecule has 0 spiro atoms. The van der Waals surface area contributed by atoms with Crippen LogP contribution in [0.5, 0.6) is 5.75 Å². The number of carbonyl (C=O) groups excluding carboxylic acids is 1. The van der Waals surface area contributed by atoms with Crippen LogP contribution in [0.2, 0.25) is 0 Å². The highest BCUT2D eigenvalue weighted by atomic mass is 16.5. The van der Waals surface area contributed by atoms with Crippen molar-refractivity contribution in [3.63, 3.8) is 0 Å². The predicted molar refractivity (Wildman–Crippen MR) is 96.0 cm³/mol. The molecule has 0 unspecified atom stereocenters. The second-order valence-electron chi connectivity index (χ2n) is 6.90. The summed E-state index contributed by atoms with van der Waals surface area (Å²) in [6, 6.07) is 13.6. The lowest BCUT2D eigenvalue weighted by Gasteiger charge is -2.22. The van der Waals surface area contributed by atoms with E-state index in [0.29, 0.717) is 12.1 Å². The molecular formula is C20H23NO4. The van der Waals surface area contributed by atoms with E-state index in [9.17, 15) is 9.59 Å². The summed E-state index contributed by atoms with van der Waals surface area (Å²) in [5.74, 6) is -0.353. The maximum atomic E-state index is 12.5. The molecule has 0 aliphatic rings. The van der Waals surface area contributed by atoms with Crippen LogP contribution < -0.4 is 4.74 Å². The summed E-state index contributed by atoms with van der Waals surface area (Å²) in [6.45, 7) is 6.30. The lowest BCUT2D eigenvalue weighted by atomic mass is 10.1. The molecule has 1 N–H and O–H groups in total. The smallest absolute Gasteiger partial charge is 0.335 e. The molecule has 2 rings (SSSR count). The number of carbonyl (C=O) groups is 2. The molecule has 0 aromatic heterocycles. The third-order valence-electron chi connectivity index (χ3n) is 3.49. The molecule has 0 atom stereocenters. The van der Waals surface area contributed by atoms with E-state index in [-0.39, 0.29) is 17.1 Å². The SMILES string of the molecule is CN(Cc1ccc(C(=O)O)cc1)C(=O)c1ccc(OC(C)(C)C)cc1. The number of aromatic carboxylic acids is 1. The minimum absolute atomic E-state index is 0.107. The van der Waals surface area contributed by atoms with Crippen LogP contribution in [0.25, 0.3) is 0 Å². The molecule has 0 heterocycles. The van der Waals surface area contributed by atoms with Crippen molar-refractivity contribution in [2.45, 2.75) is 32.9 Å². The van der Waals surface area contributed by atoms with Crippen molar-refractivity contribution in [3.8, 4) is 5.75 Å². The van der Waals surface area contributed by atoms with Crippen molar-refractivity contribution in [3.05, 3.63) is 65.2 Å². The van der Waals surface area contributed by atoms with Crippen molar-refractivity contribution in [1.29, 1.82) is 0 Å². The average Bonchev–Trinajstić information content (AvgIpc) is 2.54.